The van der Waals surface area contributed by atoms with Gasteiger partial charge < -0.3 is 5.11 Å². The lowest BCUT2D eigenvalue weighted by molar-refractivity contribution is 0.100. The maximum absolute atomic E-state index is 9.42. The topological polar surface area (TPSA) is 35.8 Å². The predicted molar refractivity (Wildman–Crippen MR) is 43.3 cm³/mol. The van der Waals surface area contributed by atoms with Crippen LogP contribution in [0.4, 0.5) is 0 Å². The maximum atomic E-state index is 9.42. The Labute approximate surface area is 66.0 Å². The molecule has 0 saturated heterocycles. The third-order valence-electron chi connectivity index (χ3n) is 2.30. The monoisotopic (exact) mass is 152 g/mol. The molecule has 2 aliphatic rings. The third kappa shape index (κ3) is 0.959. The molecule has 0 fully saturated rings. The van der Waals surface area contributed by atoms with Crippen LogP contribution in [0.3, 0.4) is 0 Å². The molecule has 3 heteroatoms. The van der Waals surface area contributed by atoms with Gasteiger partial charge in [-0.2, -0.15) is 5.10 Å². The molecule has 2 aliphatic heterocycles. The minimum Gasteiger partial charge on any atom is -0.385 e. The normalized spacial score (nSPS) is 41.3. The quantitative estimate of drug-likeness (QED) is 0.509. The second kappa shape index (κ2) is 2.34. The number of hydrazone groups is 1. The van der Waals surface area contributed by atoms with Crippen LogP contribution in [0.15, 0.2) is 17.3 Å². The molecule has 0 aromatic carbocycles. The molecular formula is C8H12N2O. The van der Waals surface area contributed by atoms with E-state index >= 15 is 0 Å². The van der Waals surface area contributed by atoms with Gasteiger partial charge in [0.25, 0.3) is 0 Å². The molecule has 0 bridgehead atoms. The number of nitrogens with zero attached hydrogens (tertiary/aromatic N) is 2. The van der Waals surface area contributed by atoms with Gasteiger partial charge in [0.15, 0.2) is 0 Å². The molecule has 2 heterocycles. The van der Waals surface area contributed by atoms with Crippen molar-refractivity contribution >= 4 is 6.21 Å². The fourth-order valence-electron chi connectivity index (χ4n) is 1.64. The van der Waals surface area contributed by atoms with Gasteiger partial charge in [-0.1, -0.05) is 12.2 Å². The summed E-state index contributed by atoms with van der Waals surface area (Å²) in [6, 6.07) is 0.525. The Kier molecular flexibility index (Phi) is 1.46. The number of rotatable bonds is 0. The van der Waals surface area contributed by atoms with Crippen molar-refractivity contribution in [1.29, 1.82) is 0 Å². The molecule has 1 N–H and O–H groups in total. The average molecular weight is 152 g/mol. The summed E-state index contributed by atoms with van der Waals surface area (Å²) in [6.45, 7) is 2.08. The van der Waals surface area contributed by atoms with E-state index < -0.39 is 0 Å². The lowest BCUT2D eigenvalue weighted by Crippen LogP contribution is -2.41. The van der Waals surface area contributed by atoms with Gasteiger partial charge in [-0.25, -0.2) is 0 Å². The van der Waals surface area contributed by atoms with Gasteiger partial charge in [0, 0.05) is 0 Å². The van der Waals surface area contributed by atoms with Crippen LogP contribution in [-0.2, 0) is 0 Å². The molecule has 11 heavy (non-hydrogen) atoms. The first kappa shape index (κ1) is 6.85. The lowest BCUT2D eigenvalue weighted by Gasteiger charge is -2.31. The van der Waals surface area contributed by atoms with Crippen LogP contribution < -0.4 is 0 Å². The van der Waals surface area contributed by atoms with Crippen LogP contribution in [-0.4, -0.2) is 34.5 Å². The van der Waals surface area contributed by atoms with E-state index in [1.54, 1.807) is 6.21 Å². The van der Waals surface area contributed by atoms with E-state index in [-0.39, 0.29) is 12.1 Å². The molecule has 2 rings (SSSR count). The molecule has 0 aromatic rings. The molecule has 3 nitrogen and oxygen atoms in total. The second-order valence-electron chi connectivity index (χ2n) is 3.11. The van der Waals surface area contributed by atoms with E-state index in [9.17, 15) is 5.11 Å². The van der Waals surface area contributed by atoms with Crippen LogP contribution in [0.25, 0.3) is 0 Å². The van der Waals surface area contributed by atoms with Gasteiger partial charge in [0.2, 0.25) is 0 Å². The van der Waals surface area contributed by atoms with Crippen LogP contribution >= 0.6 is 0 Å². The zero-order valence-electron chi connectivity index (χ0n) is 6.51. The first-order chi connectivity index (χ1) is 5.29. The van der Waals surface area contributed by atoms with E-state index in [4.69, 9.17) is 0 Å². The van der Waals surface area contributed by atoms with Crippen molar-refractivity contribution in [1.82, 2.24) is 5.01 Å². The molecule has 3 unspecified atom stereocenters. The molecule has 60 valence electrons. The van der Waals surface area contributed by atoms with E-state index in [1.807, 2.05) is 5.01 Å². The predicted octanol–water partition coefficient (Wildman–Crippen LogP) is 0.366. The fraction of sp³-hybridized carbons (Fsp3) is 0.625. The summed E-state index contributed by atoms with van der Waals surface area (Å²) in [5.41, 5.74) is 0. The van der Waals surface area contributed by atoms with Gasteiger partial charge in [-0.15, -0.1) is 0 Å². The van der Waals surface area contributed by atoms with Crippen LogP contribution in [0.1, 0.15) is 13.3 Å². The van der Waals surface area contributed by atoms with Gasteiger partial charge in [-0.3, -0.25) is 5.01 Å². The maximum Gasteiger partial charge on any atom is 0.113 e. The number of hydrogen-bond acceptors (Lipinski definition) is 3. The van der Waals surface area contributed by atoms with E-state index in [1.165, 1.54) is 0 Å². The van der Waals surface area contributed by atoms with E-state index in [0.717, 1.165) is 6.42 Å². The number of aliphatic hydroxyl groups excluding tert-OH is 1. The molecule has 0 aliphatic carbocycles. The molecular weight excluding hydrogens is 140 g/mol. The zero-order valence-corrected chi connectivity index (χ0v) is 6.51. The molecule has 0 aromatic heterocycles. The van der Waals surface area contributed by atoms with Gasteiger partial charge in [0.1, 0.15) is 6.10 Å². The smallest absolute Gasteiger partial charge is 0.113 e. The summed E-state index contributed by atoms with van der Waals surface area (Å²) < 4.78 is 0. The minimum absolute atomic E-state index is 0.190. The highest BCUT2D eigenvalue weighted by molar-refractivity contribution is 5.66. The number of hydrogen-bond donors (Lipinski definition) is 1. The van der Waals surface area contributed by atoms with E-state index in [0.29, 0.717) is 6.04 Å². The van der Waals surface area contributed by atoms with Crippen molar-refractivity contribution in [3.8, 4) is 0 Å². The van der Waals surface area contributed by atoms with Crippen molar-refractivity contribution in [2.24, 2.45) is 5.10 Å². The molecule has 0 spiro atoms. The second-order valence-corrected chi connectivity index (χ2v) is 3.11. The van der Waals surface area contributed by atoms with Crippen molar-refractivity contribution in [2.45, 2.75) is 31.5 Å². The van der Waals surface area contributed by atoms with Crippen LogP contribution in [0.5, 0.6) is 0 Å². The largest absolute Gasteiger partial charge is 0.385 e. The zero-order chi connectivity index (χ0) is 7.84. The molecule has 0 saturated carbocycles. The number of aliphatic hydroxyl groups is 1. The lowest BCUT2D eigenvalue weighted by atomic mass is 10.0. The first-order valence-corrected chi connectivity index (χ1v) is 3.96. The Bertz CT molecular complexity index is 212. The highest BCUT2D eigenvalue weighted by Crippen LogP contribution is 2.23. The third-order valence-corrected chi connectivity index (χ3v) is 2.30. The molecule has 0 amide bonds. The van der Waals surface area contributed by atoms with Crippen molar-refractivity contribution in [2.75, 3.05) is 0 Å². The SMILES string of the molecule is CC1C=CCC2C(O)C=NN12. The first-order valence-electron chi connectivity index (χ1n) is 3.96. The van der Waals surface area contributed by atoms with Gasteiger partial charge in [-0.05, 0) is 13.3 Å². The standard InChI is InChI=1S/C8H12N2O/c1-6-3-2-4-7-8(11)5-9-10(6)7/h2-3,5-8,11H,4H2,1H3. The molecule has 0 radical (unpaired) electrons. The van der Waals surface area contributed by atoms with Crippen LogP contribution in [0.2, 0.25) is 0 Å². The minimum atomic E-state index is -0.373. The Hall–Kier alpha value is -0.830. The molecule has 3 atom stereocenters. The Morgan fingerprint density at radius 2 is 2.45 bits per heavy atom. The summed E-state index contributed by atoms with van der Waals surface area (Å²) in [6.07, 6.45) is 6.39. The van der Waals surface area contributed by atoms with Crippen molar-refractivity contribution in [3.05, 3.63) is 12.2 Å². The summed E-state index contributed by atoms with van der Waals surface area (Å²) in [5, 5.41) is 15.5. The highest BCUT2D eigenvalue weighted by atomic mass is 16.3. The summed E-state index contributed by atoms with van der Waals surface area (Å²) in [4.78, 5) is 0. The Morgan fingerprint density at radius 1 is 1.64 bits per heavy atom. The summed E-state index contributed by atoms with van der Waals surface area (Å²) >= 11 is 0. The van der Waals surface area contributed by atoms with Gasteiger partial charge in [0.05, 0.1) is 18.3 Å². The Balaban J connectivity index is 2.21. The van der Waals surface area contributed by atoms with Gasteiger partial charge >= 0.3 is 0 Å². The number of fused-ring (bicyclic) bond motifs is 1. The summed E-state index contributed by atoms with van der Waals surface area (Å²) in [7, 11) is 0. The van der Waals surface area contributed by atoms with Crippen molar-refractivity contribution < 1.29 is 5.11 Å². The Morgan fingerprint density at radius 3 is 3.18 bits per heavy atom. The summed E-state index contributed by atoms with van der Waals surface area (Å²) in [5.74, 6) is 0. The van der Waals surface area contributed by atoms with Crippen molar-refractivity contribution in [3.63, 3.8) is 0 Å². The van der Waals surface area contributed by atoms with Crippen LogP contribution in [0, 0.1) is 0 Å². The highest BCUT2D eigenvalue weighted by Gasteiger charge is 2.32. The fourth-order valence-corrected chi connectivity index (χ4v) is 1.64. The average Bonchev–Trinajstić information content (AvgIpc) is 2.35. The van der Waals surface area contributed by atoms with E-state index in [2.05, 4.69) is 24.2 Å².